The molecule has 2 aromatic carbocycles. The zero-order chi connectivity index (χ0) is 23.3. The second-order valence-electron chi connectivity index (χ2n) is 6.83. The maximum Gasteiger partial charge on any atom is 0.292 e. The maximum absolute atomic E-state index is 12.7. The average Bonchev–Trinajstić information content (AvgIpc) is 2.80. The molecule has 0 saturated carbocycles. The zero-order valence-corrected chi connectivity index (χ0v) is 17.8. The van der Waals surface area contributed by atoms with Crippen LogP contribution in [0.1, 0.15) is 39.7 Å². The highest BCUT2D eigenvalue weighted by atomic mass is 16.5. The smallest absolute Gasteiger partial charge is 0.292 e. The summed E-state index contributed by atoms with van der Waals surface area (Å²) in [4.78, 5) is 25.4. The van der Waals surface area contributed by atoms with Gasteiger partial charge >= 0.3 is 0 Å². The minimum atomic E-state index is -0.681. The van der Waals surface area contributed by atoms with Gasteiger partial charge in [0.2, 0.25) is 0 Å². The van der Waals surface area contributed by atoms with Crippen LogP contribution in [0.4, 0.5) is 0 Å². The second-order valence-corrected chi connectivity index (χ2v) is 6.83. The van der Waals surface area contributed by atoms with Crippen LogP contribution < -0.4 is 15.7 Å². The number of aromatic nitrogens is 2. The Bertz CT molecular complexity index is 1290. The van der Waals surface area contributed by atoms with Gasteiger partial charge < -0.3 is 9.84 Å². The first-order valence-corrected chi connectivity index (χ1v) is 9.73. The van der Waals surface area contributed by atoms with Gasteiger partial charge in [-0.05, 0) is 54.8 Å². The Morgan fingerprint density at radius 3 is 2.66 bits per heavy atom. The highest BCUT2D eigenvalue weighted by Gasteiger charge is 2.20. The molecule has 0 bridgehead atoms. The normalized spacial score (nSPS) is 10.7. The zero-order valence-electron chi connectivity index (χ0n) is 17.8. The van der Waals surface area contributed by atoms with Crippen molar-refractivity contribution in [2.45, 2.75) is 20.3 Å². The van der Waals surface area contributed by atoms with Crippen molar-refractivity contribution in [1.29, 1.82) is 5.26 Å². The van der Waals surface area contributed by atoms with Crippen LogP contribution in [-0.4, -0.2) is 34.1 Å². The molecule has 32 heavy (non-hydrogen) atoms. The average molecular weight is 431 g/mol. The molecule has 9 heteroatoms. The van der Waals surface area contributed by atoms with Crippen LogP contribution in [-0.2, 0) is 6.42 Å². The third-order valence-corrected chi connectivity index (χ3v) is 4.84. The van der Waals surface area contributed by atoms with Gasteiger partial charge in [-0.15, -0.1) is 0 Å². The van der Waals surface area contributed by atoms with E-state index in [1.807, 2.05) is 25.1 Å². The molecule has 2 N–H and O–H groups in total. The summed E-state index contributed by atoms with van der Waals surface area (Å²) < 4.78 is 6.07. The van der Waals surface area contributed by atoms with Gasteiger partial charge in [0.15, 0.2) is 17.2 Å². The molecular formula is C23H21N5O4. The Morgan fingerprint density at radius 1 is 1.31 bits per heavy atom. The third-order valence-electron chi connectivity index (χ3n) is 4.84. The fraction of sp³-hybridized carbons (Fsp3) is 0.174. The first-order valence-electron chi connectivity index (χ1n) is 9.73. The highest BCUT2D eigenvalue weighted by molar-refractivity contribution is 5.94. The Kier molecular flexibility index (Phi) is 6.65. The molecule has 1 heterocycles. The van der Waals surface area contributed by atoms with Gasteiger partial charge in [-0.25, -0.2) is 5.43 Å². The summed E-state index contributed by atoms with van der Waals surface area (Å²) >= 11 is 0. The third kappa shape index (κ3) is 4.49. The van der Waals surface area contributed by atoms with Gasteiger partial charge in [0, 0.05) is 5.56 Å². The van der Waals surface area contributed by atoms with Crippen molar-refractivity contribution in [1.82, 2.24) is 15.2 Å². The lowest BCUT2D eigenvalue weighted by Gasteiger charge is -2.11. The van der Waals surface area contributed by atoms with Gasteiger partial charge in [-0.2, -0.15) is 20.1 Å². The number of amides is 1. The number of ether oxygens (including phenoxy) is 1. The van der Waals surface area contributed by atoms with Crippen molar-refractivity contribution >= 4 is 12.1 Å². The summed E-state index contributed by atoms with van der Waals surface area (Å²) in [7, 11) is 1.42. The number of nitrogens with zero attached hydrogens (tertiary/aromatic N) is 4. The molecule has 0 aliphatic carbocycles. The number of hydrazone groups is 1. The molecule has 3 aromatic rings. The van der Waals surface area contributed by atoms with Crippen LogP contribution in [0.2, 0.25) is 0 Å². The van der Waals surface area contributed by atoms with Crippen LogP contribution in [0.25, 0.3) is 5.69 Å². The molecule has 0 fully saturated rings. The number of benzene rings is 2. The number of carbonyl (C=O) groups excluding carboxylic acids is 1. The summed E-state index contributed by atoms with van der Waals surface area (Å²) in [5, 5.41) is 27.2. The topological polar surface area (TPSA) is 130 Å². The lowest BCUT2D eigenvalue weighted by molar-refractivity contribution is 0.0947. The fourth-order valence-electron chi connectivity index (χ4n) is 2.99. The molecular weight excluding hydrogens is 410 g/mol. The predicted octanol–water partition coefficient (Wildman–Crippen LogP) is 2.45. The first-order chi connectivity index (χ1) is 15.4. The quantitative estimate of drug-likeness (QED) is 0.455. The number of phenolic OH excluding ortho intramolecular Hbond substituents is 1. The van der Waals surface area contributed by atoms with Crippen molar-refractivity contribution in [3.05, 3.63) is 80.8 Å². The number of rotatable bonds is 6. The van der Waals surface area contributed by atoms with Gasteiger partial charge in [0.1, 0.15) is 11.6 Å². The molecule has 0 unspecified atom stereocenters. The predicted molar refractivity (Wildman–Crippen MR) is 118 cm³/mol. The van der Waals surface area contributed by atoms with Crippen molar-refractivity contribution < 1.29 is 14.6 Å². The molecule has 1 amide bonds. The van der Waals surface area contributed by atoms with E-state index in [-0.39, 0.29) is 28.3 Å². The minimum absolute atomic E-state index is 0.0215. The number of nitriles is 1. The number of carbonyl (C=O) groups is 1. The number of methoxy groups -OCH3 is 1. The monoisotopic (exact) mass is 431 g/mol. The van der Waals surface area contributed by atoms with E-state index in [1.54, 1.807) is 24.3 Å². The van der Waals surface area contributed by atoms with Gasteiger partial charge in [-0.1, -0.05) is 19.1 Å². The Labute approximate surface area is 184 Å². The standard InChI is InChI=1S/C23H21N5O4/c1-4-15-5-8-17(9-6-15)28-23(31)18(12-24)14(2)21(27-28)22(30)26-25-13-16-7-10-19(29)20(11-16)32-3/h5-11,13,29H,4H2,1-3H3,(H,26,30)/b25-13+. The fourth-order valence-corrected chi connectivity index (χ4v) is 2.99. The number of aromatic hydroxyl groups is 1. The van der Waals surface area contributed by atoms with Crippen LogP contribution in [0.15, 0.2) is 52.4 Å². The van der Waals surface area contributed by atoms with E-state index in [0.717, 1.165) is 16.7 Å². The van der Waals surface area contributed by atoms with E-state index in [0.29, 0.717) is 11.3 Å². The van der Waals surface area contributed by atoms with E-state index in [2.05, 4.69) is 15.6 Å². The molecule has 3 rings (SSSR count). The molecule has 0 aliphatic rings. The van der Waals surface area contributed by atoms with Gasteiger partial charge in [-0.3, -0.25) is 9.59 Å². The van der Waals surface area contributed by atoms with E-state index in [1.165, 1.54) is 26.3 Å². The van der Waals surface area contributed by atoms with Crippen molar-refractivity contribution in [3.8, 4) is 23.3 Å². The van der Waals surface area contributed by atoms with Gasteiger partial charge in [0.05, 0.1) is 19.0 Å². The maximum atomic E-state index is 12.7. The first kappa shape index (κ1) is 22.2. The van der Waals surface area contributed by atoms with Gasteiger partial charge in [0.25, 0.3) is 11.5 Å². The van der Waals surface area contributed by atoms with Crippen LogP contribution in [0, 0.1) is 18.3 Å². The minimum Gasteiger partial charge on any atom is -0.504 e. The molecule has 0 spiro atoms. The molecule has 1 aromatic heterocycles. The van der Waals surface area contributed by atoms with Crippen molar-refractivity contribution in [3.63, 3.8) is 0 Å². The number of aryl methyl sites for hydroxylation is 1. The number of phenols is 1. The lowest BCUT2D eigenvalue weighted by atomic mass is 10.1. The summed E-state index contributed by atoms with van der Waals surface area (Å²) in [5.74, 6) is -0.440. The lowest BCUT2D eigenvalue weighted by Crippen LogP contribution is -2.31. The SMILES string of the molecule is CCc1ccc(-n2nc(C(=O)N/N=C/c3ccc(O)c(OC)c3)c(C)c(C#N)c2=O)cc1. The van der Waals surface area contributed by atoms with Crippen LogP contribution in [0.3, 0.4) is 0 Å². The number of hydrogen-bond donors (Lipinski definition) is 2. The van der Waals surface area contributed by atoms with E-state index in [4.69, 9.17) is 4.74 Å². The molecule has 0 aliphatic heterocycles. The molecule has 162 valence electrons. The molecule has 0 saturated heterocycles. The Balaban J connectivity index is 1.93. The molecule has 0 radical (unpaired) electrons. The Morgan fingerprint density at radius 2 is 2.03 bits per heavy atom. The summed E-state index contributed by atoms with van der Waals surface area (Å²) in [6, 6.07) is 13.6. The largest absolute Gasteiger partial charge is 0.504 e. The van der Waals surface area contributed by atoms with E-state index < -0.39 is 11.5 Å². The van der Waals surface area contributed by atoms with Crippen LogP contribution in [0.5, 0.6) is 11.5 Å². The Hall–Kier alpha value is -4.45. The molecule has 0 atom stereocenters. The summed E-state index contributed by atoms with van der Waals surface area (Å²) in [6.45, 7) is 3.50. The summed E-state index contributed by atoms with van der Waals surface area (Å²) in [5.41, 5.74) is 3.73. The number of hydrogen-bond acceptors (Lipinski definition) is 7. The van der Waals surface area contributed by atoms with E-state index in [9.17, 15) is 20.0 Å². The summed E-state index contributed by atoms with van der Waals surface area (Å²) in [6.07, 6.45) is 2.19. The number of nitrogens with one attached hydrogen (secondary N) is 1. The highest BCUT2D eigenvalue weighted by Crippen LogP contribution is 2.25. The van der Waals surface area contributed by atoms with Crippen molar-refractivity contribution in [2.24, 2.45) is 5.10 Å². The van der Waals surface area contributed by atoms with Crippen LogP contribution >= 0.6 is 0 Å². The van der Waals surface area contributed by atoms with Crippen molar-refractivity contribution in [2.75, 3.05) is 7.11 Å². The van der Waals surface area contributed by atoms with E-state index >= 15 is 0 Å². The second kappa shape index (κ2) is 9.57. The molecule has 9 nitrogen and oxygen atoms in total.